The number of ether oxygens (including phenoxy) is 1. The zero-order valence-corrected chi connectivity index (χ0v) is 16.4. The molecule has 4 nitrogen and oxygen atoms in total. The SMILES string of the molecule is COc1ccc(Cl)c(O)c1[C@H](C1CCCC1)N1CCNCC1.Cl.Cl. The number of nitrogens with zero attached hydrogens (tertiary/aromatic N) is 1. The number of hydrogen-bond donors (Lipinski definition) is 2. The molecule has 0 amide bonds. The van der Waals surface area contributed by atoms with Crippen LogP contribution in [0.5, 0.6) is 11.5 Å². The van der Waals surface area contributed by atoms with Crippen LogP contribution < -0.4 is 10.1 Å². The van der Waals surface area contributed by atoms with Crippen LogP contribution in [0.4, 0.5) is 0 Å². The van der Waals surface area contributed by atoms with Crippen molar-refractivity contribution in [1.29, 1.82) is 0 Å². The number of benzene rings is 1. The number of phenols is 1. The summed E-state index contributed by atoms with van der Waals surface area (Å²) in [6.45, 7) is 3.98. The van der Waals surface area contributed by atoms with Gasteiger partial charge in [-0.15, -0.1) is 24.8 Å². The molecule has 24 heavy (non-hydrogen) atoms. The average Bonchev–Trinajstić information content (AvgIpc) is 3.07. The van der Waals surface area contributed by atoms with Gasteiger partial charge in [0.25, 0.3) is 0 Å². The molecular weight excluding hydrogens is 371 g/mol. The third-order valence-electron chi connectivity index (χ3n) is 5.03. The summed E-state index contributed by atoms with van der Waals surface area (Å²) in [6, 6.07) is 3.78. The zero-order valence-electron chi connectivity index (χ0n) is 14.0. The van der Waals surface area contributed by atoms with Crippen LogP contribution in [-0.2, 0) is 0 Å². The van der Waals surface area contributed by atoms with Crippen molar-refractivity contribution < 1.29 is 9.84 Å². The number of piperazine rings is 1. The Morgan fingerprint density at radius 1 is 1.21 bits per heavy atom. The molecule has 1 aliphatic carbocycles. The number of nitrogens with one attached hydrogen (secondary N) is 1. The smallest absolute Gasteiger partial charge is 0.142 e. The molecule has 1 saturated carbocycles. The molecule has 7 heteroatoms. The quantitative estimate of drug-likeness (QED) is 0.805. The van der Waals surface area contributed by atoms with E-state index in [1.54, 1.807) is 13.2 Å². The van der Waals surface area contributed by atoms with Gasteiger partial charge in [0, 0.05) is 32.2 Å². The first kappa shape index (κ1) is 21.7. The highest BCUT2D eigenvalue weighted by Gasteiger charge is 2.35. The van der Waals surface area contributed by atoms with Crippen molar-refractivity contribution in [3.63, 3.8) is 0 Å². The third-order valence-corrected chi connectivity index (χ3v) is 5.34. The van der Waals surface area contributed by atoms with E-state index in [0.29, 0.717) is 10.9 Å². The highest BCUT2D eigenvalue weighted by atomic mass is 35.5. The minimum Gasteiger partial charge on any atom is -0.506 e. The second kappa shape index (κ2) is 9.93. The average molecular weight is 398 g/mol. The first-order valence-electron chi connectivity index (χ1n) is 8.22. The van der Waals surface area contributed by atoms with Crippen LogP contribution in [0.25, 0.3) is 0 Å². The van der Waals surface area contributed by atoms with Crippen LogP contribution in [0, 0.1) is 5.92 Å². The third kappa shape index (κ3) is 4.41. The van der Waals surface area contributed by atoms with E-state index in [1.807, 2.05) is 6.07 Å². The molecule has 0 aromatic heterocycles. The molecule has 0 bridgehead atoms. The molecule has 2 fully saturated rings. The molecule has 1 aromatic rings. The van der Waals surface area contributed by atoms with E-state index >= 15 is 0 Å². The van der Waals surface area contributed by atoms with Crippen molar-refractivity contribution >= 4 is 36.4 Å². The largest absolute Gasteiger partial charge is 0.506 e. The van der Waals surface area contributed by atoms with Gasteiger partial charge in [-0.2, -0.15) is 0 Å². The van der Waals surface area contributed by atoms with Crippen molar-refractivity contribution in [3.05, 3.63) is 22.7 Å². The number of halogens is 3. The molecule has 1 heterocycles. The van der Waals surface area contributed by atoms with Gasteiger partial charge in [-0.1, -0.05) is 24.4 Å². The summed E-state index contributed by atoms with van der Waals surface area (Å²) >= 11 is 6.20. The number of rotatable bonds is 4. The monoisotopic (exact) mass is 396 g/mol. The molecule has 1 saturated heterocycles. The van der Waals surface area contributed by atoms with Crippen LogP contribution in [0.2, 0.25) is 5.02 Å². The van der Waals surface area contributed by atoms with Gasteiger partial charge in [0.1, 0.15) is 11.5 Å². The highest BCUT2D eigenvalue weighted by Crippen LogP contribution is 2.48. The maximum atomic E-state index is 10.6. The second-order valence-corrected chi connectivity index (χ2v) is 6.69. The van der Waals surface area contributed by atoms with Gasteiger partial charge in [-0.3, -0.25) is 4.90 Å². The summed E-state index contributed by atoms with van der Waals surface area (Å²) in [5, 5.41) is 14.4. The van der Waals surface area contributed by atoms with Gasteiger partial charge in [0.15, 0.2) is 0 Å². The molecular formula is C17H27Cl3N2O2. The van der Waals surface area contributed by atoms with Crippen LogP contribution in [0.1, 0.15) is 37.3 Å². The number of methoxy groups -OCH3 is 1. The van der Waals surface area contributed by atoms with Gasteiger partial charge >= 0.3 is 0 Å². The Bertz CT molecular complexity index is 519. The molecule has 3 rings (SSSR count). The maximum Gasteiger partial charge on any atom is 0.142 e. The fraction of sp³-hybridized carbons (Fsp3) is 0.647. The maximum absolute atomic E-state index is 10.6. The van der Waals surface area contributed by atoms with E-state index in [4.69, 9.17) is 16.3 Å². The van der Waals surface area contributed by atoms with Crippen molar-refractivity contribution in [2.75, 3.05) is 33.3 Å². The standard InChI is InChI=1S/C17H25ClN2O2.2ClH/c1-22-14-7-6-13(18)17(21)15(14)16(12-4-2-3-5-12)20-10-8-19-9-11-20;;/h6-7,12,16,19,21H,2-5,8-11H2,1H3;2*1H/t16-;;/m0../s1. The van der Waals surface area contributed by atoms with E-state index < -0.39 is 0 Å². The summed E-state index contributed by atoms with van der Waals surface area (Å²) in [7, 11) is 1.66. The Labute approximate surface area is 161 Å². The lowest BCUT2D eigenvalue weighted by Crippen LogP contribution is -2.46. The fourth-order valence-electron chi connectivity index (χ4n) is 3.98. The van der Waals surface area contributed by atoms with Crippen molar-refractivity contribution in [1.82, 2.24) is 10.2 Å². The highest BCUT2D eigenvalue weighted by molar-refractivity contribution is 6.32. The summed E-state index contributed by atoms with van der Waals surface area (Å²) in [5.41, 5.74) is 0.879. The normalized spacial score (nSPS) is 20.1. The predicted molar refractivity (Wildman–Crippen MR) is 103 cm³/mol. The van der Waals surface area contributed by atoms with E-state index in [1.165, 1.54) is 25.7 Å². The fourth-order valence-corrected chi connectivity index (χ4v) is 4.14. The van der Waals surface area contributed by atoms with E-state index in [0.717, 1.165) is 37.5 Å². The lowest BCUT2D eigenvalue weighted by Gasteiger charge is -2.39. The predicted octanol–water partition coefficient (Wildman–Crippen LogP) is 4.03. The second-order valence-electron chi connectivity index (χ2n) is 6.29. The van der Waals surface area contributed by atoms with Crippen LogP contribution in [0.3, 0.4) is 0 Å². The molecule has 1 aromatic carbocycles. The van der Waals surface area contributed by atoms with Gasteiger partial charge in [0.05, 0.1) is 17.7 Å². The molecule has 0 spiro atoms. The summed E-state index contributed by atoms with van der Waals surface area (Å²) in [5.74, 6) is 1.50. The minimum absolute atomic E-state index is 0. The lowest BCUT2D eigenvalue weighted by atomic mass is 9.88. The van der Waals surface area contributed by atoms with Gasteiger partial charge in [0.2, 0.25) is 0 Å². The Hall–Kier alpha value is -0.390. The first-order valence-corrected chi connectivity index (χ1v) is 8.60. The zero-order chi connectivity index (χ0) is 15.5. The van der Waals surface area contributed by atoms with Gasteiger partial charge in [-0.25, -0.2) is 0 Å². The molecule has 1 atom stereocenters. The van der Waals surface area contributed by atoms with E-state index in [2.05, 4.69) is 10.2 Å². The number of aromatic hydroxyl groups is 1. The molecule has 2 N–H and O–H groups in total. The first-order chi connectivity index (χ1) is 10.7. The van der Waals surface area contributed by atoms with E-state index in [-0.39, 0.29) is 36.6 Å². The molecule has 0 radical (unpaired) electrons. The summed E-state index contributed by atoms with van der Waals surface area (Å²) in [6.07, 6.45) is 4.97. The Balaban J connectivity index is 0.00000144. The number of hydrogen-bond acceptors (Lipinski definition) is 4. The van der Waals surface area contributed by atoms with Crippen LogP contribution in [0.15, 0.2) is 12.1 Å². The van der Waals surface area contributed by atoms with Gasteiger partial charge < -0.3 is 15.2 Å². The topological polar surface area (TPSA) is 44.7 Å². The Morgan fingerprint density at radius 3 is 2.42 bits per heavy atom. The van der Waals surface area contributed by atoms with Gasteiger partial charge in [-0.05, 0) is 30.9 Å². The molecule has 1 aliphatic heterocycles. The Morgan fingerprint density at radius 2 is 1.83 bits per heavy atom. The number of phenolic OH excluding ortho intramolecular Hbond substituents is 1. The molecule has 2 aliphatic rings. The summed E-state index contributed by atoms with van der Waals surface area (Å²) < 4.78 is 5.55. The Kier molecular flexibility index (Phi) is 8.96. The van der Waals surface area contributed by atoms with Crippen LogP contribution >= 0.6 is 36.4 Å². The molecule has 0 unspecified atom stereocenters. The summed E-state index contributed by atoms with van der Waals surface area (Å²) in [4.78, 5) is 2.49. The van der Waals surface area contributed by atoms with Crippen LogP contribution in [-0.4, -0.2) is 43.3 Å². The van der Waals surface area contributed by atoms with E-state index in [9.17, 15) is 5.11 Å². The molecule has 138 valence electrons. The minimum atomic E-state index is 0. The van der Waals surface area contributed by atoms with Crippen molar-refractivity contribution in [2.24, 2.45) is 5.92 Å². The van der Waals surface area contributed by atoms with Crippen molar-refractivity contribution in [3.8, 4) is 11.5 Å². The lowest BCUT2D eigenvalue weighted by molar-refractivity contribution is 0.121. The van der Waals surface area contributed by atoms with Crippen molar-refractivity contribution in [2.45, 2.75) is 31.7 Å².